The Morgan fingerprint density at radius 3 is 2.51 bits per heavy atom. The van der Waals surface area contributed by atoms with Crippen LogP contribution in [0.25, 0.3) is 0 Å². The summed E-state index contributed by atoms with van der Waals surface area (Å²) in [5.74, 6) is 0.183. The van der Waals surface area contributed by atoms with Crippen LogP contribution < -0.4 is 10.2 Å². The van der Waals surface area contributed by atoms with E-state index < -0.39 is 12.2 Å². The summed E-state index contributed by atoms with van der Waals surface area (Å²) in [6.45, 7) is 9.02. The number of nitrogens with one attached hydrogen (secondary N) is 1. The third-order valence-corrected chi connectivity index (χ3v) is 7.94. The van der Waals surface area contributed by atoms with Crippen LogP contribution in [0.2, 0.25) is 0 Å². The summed E-state index contributed by atoms with van der Waals surface area (Å²) in [6.07, 6.45) is 8.42. The summed E-state index contributed by atoms with van der Waals surface area (Å²) in [5.41, 5.74) is 1.84. The number of carbonyl (C=O) groups is 2. The van der Waals surface area contributed by atoms with Crippen molar-refractivity contribution in [1.29, 1.82) is 0 Å². The number of halogens is 1. The molecule has 0 spiro atoms. The molecule has 1 aromatic rings. The van der Waals surface area contributed by atoms with E-state index in [0.29, 0.717) is 18.9 Å². The van der Waals surface area contributed by atoms with Crippen molar-refractivity contribution in [3.05, 3.63) is 29.6 Å². The molecule has 2 aliphatic heterocycles. The largest absolute Gasteiger partial charge is 0.436 e. The minimum absolute atomic E-state index is 0.0321. The maximum absolute atomic E-state index is 13.8. The third-order valence-electron chi connectivity index (χ3n) is 7.94. The predicted molar refractivity (Wildman–Crippen MR) is 136 cm³/mol. The van der Waals surface area contributed by atoms with Gasteiger partial charge in [0, 0.05) is 43.3 Å². The highest BCUT2D eigenvalue weighted by molar-refractivity contribution is 5.83. The molecule has 1 saturated heterocycles. The van der Waals surface area contributed by atoms with Gasteiger partial charge in [-0.1, -0.05) is 46.0 Å². The maximum atomic E-state index is 13.8. The Morgan fingerprint density at radius 1 is 1.11 bits per heavy atom. The van der Waals surface area contributed by atoms with Gasteiger partial charge in [-0.05, 0) is 62.3 Å². The van der Waals surface area contributed by atoms with Crippen molar-refractivity contribution in [1.82, 2.24) is 10.2 Å². The highest BCUT2D eigenvalue weighted by Crippen LogP contribution is 2.40. The molecule has 0 radical (unpaired) electrons. The number of anilines is 1. The van der Waals surface area contributed by atoms with Crippen LogP contribution in [-0.4, -0.2) is 55.2 Å². The first-order valence-electron chi connectivity index (χ1n) is 13.5. The minimum atomic E-state index is -0.710. The number of rotatable bonds is 7. The second kappa shape index (κ2) is 11.2. The van der Waals surface area contributed by atoms with Crippen molar-refractivity contribution in [2.24, 2.45) is 5.92 Å². The number of benzene rings is 1. The van der Waals surface area contributed by atoms with Crippen molar-refractivity contribution < 1.29 is 18.7 Å². The smallest absolute Gasteiger partial charge is 0.408 e. The minimum Gasteiger partial charge on any atom is -0.436 e. The van der Waals surface area contributed by atoms with E-state index in [4.69, 9.17) is 4.74 Å². The molecule has 2 amide bonds. The molecule has 0 aromatic heterocycles. The summed E-state index contributed by atoms with van der Waals surface area (Å²) >= 11 is 0. The Morgan fingerprint density at radius 2 is 1.80 bits per heavy atom. The van der Waals surface area contributed by atoms with E-state index in [1.54, 1.807) is 6.07 Å². The van der Waals surface area contributed by atoms with Gasteiger partial charge in [-0.3, -0.25) is 4.79 Å². The lowest BCUT2D eigenvalue weighted by atomic mass is 9.85. The SMILES string of the molecule is C[C@@H](CN1CC(C)(C)c2cc(F)ccc21)NC(=O)OC(CC1CCCCC1)C(=O)N1CCCCC1. The van der Waals surface area contributed by atoms with Crippen LogP contribution in [0.15, 0.2) is 18.2 Å². The van der Waals surface area contributed by atoms with Crippen molar-refractivity contribution in [2.75, 3.05) is 31.1 Å². The predicted octanol–water partition coefficient (Wildman–Crippen LogP) is 5.39. The second-order valence-corrected chi connectivity index (χ2v) is 11.5. The van der Waals surface area contributed by atoms with Crippen molar-refractivity contribution >= 4 is 17.7 Å². The molecule has 3 aliphatic rings. The Labute approximate surface area is 209 Å². The van der Waals surface area contributed by atoms with E-state index in [0.717, 1.165) is 63.0 Å². The van der Waals surface area contributed by atoms with Crippen LogP contribution in [0.3, 0.4) is 0 Å². The molecule has 1 unspecified atom stereocenters. The van der Waals surface area contributed by atoms with Gasteiger partial charge in [0.25, 0.3) is 5.91 Å². The zero-order valence-electron chi connectivity index (χ0n) is 21.7. The fraction of sp³-hybridized carbons (Fsp3) is 0.714. The van der Waals surface area contributed by atoms with Gasteiger partial charge in [-0.2, -0.15) is 0 Å². The van der Waals surface area contributed by atoms with Crippen LogP contribution in [0, 0.1) is 11.7 Å². The quantitative estimate of drug-likeness (QED) is 0.560. The molecule has 2 atom stereocenters. The van der Waals surface area contributed by atoms with Crippen molar-refractivity contribution in [3.63, 3.8) is 0 Å². The first kappa shape index (κ1) is 25.8. The maximum Gasteiger partial charge on any atom is 0.408 e. The number of hydrogen-bond acceptors (Lipinski definition) is 4. The van der Waals surface area contributed by atoms with E-state index in [9.17, 15) is 14.0 Å². The standard InChI is InChI=1S/C28H42FN3O3/c1-20(18-32-19-28(2,3)23-17-22(29)12-13-24(23)32)30-27(34)35-25(16-21-10-6-4-7-11-21)26(33)31-14-8-5-9-15-31/h12-13,17,20-21,25H,4-11,14-16,18-19H2,1-3H3,(H,30,34)/t20-,25?/m0/s1. The number of ether oxygens (including phenoxy) is 1. The number of carbonyl (C=O) groups excluding carboxylic acids is 2. The van der Waals surface area contributed by atoms with E-state index in [1.165, 1.54) is 25.3 Å². The van der Waals surface area contributed by atoms with Gasteiger partial charge < -0.3 is 19.9 Å². The fourth-order valence-corrected chi connectivity index (χ4v) is 6.12. The molecular weight excluding hydrogens is 445 g/mol. The molecule has 1 saturated carbocycles. The van der Waals surface area contributed by atoms with E-state index in [2.05, 4.69) is 24.1 Å². The van der Waals surface area contributed by atoms with Gasteiger partial charge in [0.15, 0.2) is 6.10 Å². The summed E-state index contributed by atoms with van der Waals surface area (Å²) < 4.78 is 19.7. The topological polar surface area (TPSA) is 61.9 Å². The molecule has 4 rings (SSSR count). The van der Waals surface area contributed by atoms with Crippen molar-refractivity contribution in [2.45, 2.75) is 96.1 Å². The van der Waals surface area contributed by atoms with Crippen LogP contribution in [0.1, 0.15) is 84.1 Å². The average Bonchev–Trinajstić information content (AvgIpc) is 3.08. The molecule has 1 N–H and O–H groups in total. The molecule has 7 heteroatoms. The van der Waals surface area contributed by atoms with Crippen LogP contribution in [-0.2, 0) is 14.9 Å². The summed E-state index contributed by atoms with van der Waals surface area (Å²) in [5, 5.41) is 2.95. The Balaban J connectivity index is 1.36. The first-order valence-corrected chi connectivity index (χ1v) is 13.5. The van der Waals surface area contributed by atoms with E-state index >= 15 is 0 Å². The van der Waals surface area contributed by atoms with Gasteiger partial charge in [-0.15, -0.1) is 0 Å². The van der Waals surface area contributed by atoms with Gasteiger partial charge in [0.05, 0.1) is 0 Å². The second-order valence-electron chi connectivity index (χ2n) is 11.5. The molecule has 194 valence electrons. The third kappa shape index (κ3) is 6.47. The summed E-state index contributed by atoms with van der Waals surface area (Å²) in [4.78, 5) is 30.3. The molecular formula is C28H42FN3O3. The molecule has 0 bridgehead atoms. The number of amides is 2. The Hall–Kier alpha value is -2.31. The molecule has 2 heterocycles. The summed E-state index contributed by atoms with van der Waals surface area (Å²) in [6, 6.07) is 4.74. The number of piperidine rings is 1. The van der Waals surface area contributed by atoms with Gasteiger partial charge >= 0.3 is 6.09 Å². The number of alkyl carbamates (subject to hydrolysis) is 1. The molecule has 1 aliphatic carbocycles. The van der Waals surface area contributed by atoms with Gasteiger partial charge in [0.2, 0.25) is 0 Å². The monoisotopic (exact) mass is 487 g/mol. The number of nitrogens with zero attached hydrogens (tertiary/aromatic N) is 2. The lowest BCUT2D eigenvalue weighted by Crippen LogP contribution is -2.48. The molecule has 6 nitrogen and oxygen atoms in total. The highest BCUT2D eigenvalue weighted by atomic mass is 19.1. The van der Waals surface area contributed by atoms with Gasteiger partial charge in [0.1, 0.15) is 5.82 Å². The number of hydrogen-bond donors (Lipinski definition) is 1. The van der Waals surface area contributed by atoms with Crippen LogP contribution >= 0.6 is 0 Å². The van der Waals surface area contributed by atoms with E-state index in [-0.39, 0.29) is 23.2 Å². The number of fused-ring (bicyclic) bond motifs is 1. The first-order chi connectivity index (χ1) is 16.7. The Kier molecular flexibility index (Phi) is 8.23. The molecule has 2 fully saturated rings. The van der Waals surface area contributed by atoms with Crippen molar-refractivity contribution in [3.8, 4) is 0 Å². The van der Waals surface area contributed by atoms with E-state index in [1.807, 2.05) is 17.9 Å². The molecule has 1 aromatic carbocycles. The van der Waals surface area contributed by atoms with Crippen LogP contribution in [0.4, 0.5) is 14.9 Å². The normalized spacial score (nSPS) is 21.8. The Bertz CT molecular complexity index is 893. The van der Waals surface area contributed by atoms with Gasteiger partial charge in [-0.25, -0.2) is 9.18 Å². The zero-order chi connectivity index (χ0) is 25.0. The summed E-state index contributed by atoms with van der Waals surface area (Å²) in [7, 11) is 0. The average molecular weight is 488 g/mol. The number of likely N-dealkylation sites (tertiary alicyclic amines) is 1. The zero-order valence-corrected chi connectivity index (χ0v) is 21.7. The lowest BCUT2D eigenvalue weighted by Gasteiger charge is -2.32. The fourth-order valence-electron chi connectivity index (χ4n) is 6.12. The highest BCUT2D eigenvalue weighted by Gasteiger charge is 2.36. The van der Waals surface area contributed by atoms with Crippen LogP contribution in [0.5, 0.6) is 0 Å². The molecule has 35 heavy (non-hydrogen) atoms. The lowest BCUT2D eigenvalue weighted by molar-refractivity contribution is -0.142.